The summed E-state index contributed by atoms with van der Waals surface area (Å²) in [4.78, 5) is 6.38. The molecule has 1 aromatic heterocycles. The molecular formula is C15H18N2O. The third kappa shape index (κ3) is 2.87. The fourth-order valence-electron chi connectivity index (χ4n) is 1.94. The maximum absolute atomic E-state index is 9.30. The molecule has 0 radical (unpaired) electrons. The first-order valence-electron chi connectivity index (χ1n) is 6.02. The van der Waals surface area contributed by atoms with Crippen molar-refractivity contribution in [3.8, 4) is 0 Å². The lowest BCUT2D eigenvalue weighted by molar-refractivity contribution is 0.281. The second kappa shape index (κ2) is 5.65. The molecule has 18 heavy (non-hydrogen) atoms. The Morgan fingerprint density at radius 1 is 1.17 bits per heavy atom. The molecule has 0 atom stereocenters. The van der Waals surface area contributed by atoms with Gasteiger partial charge in [0.2, 0.25) is 0 Å². The van der Waals surface area contributed by atoms with Crippen LogP contribution in [0.25, 0.3) is 0 Å². The summed E-state index contributed by atoms with van der Waals surface area (Å²) >= 11 is 0. The predicted octanol–water partition coefficient (Wildman–Crippen LogP) is 2.52. The van der Waals surface area contributed by atoms with Crippen molar-refractivity contribution in [3.63, 3.8) is 0 Å². The van der Waals surface area contributed by atoms with Crippen molar-refractivity contribution < 1.29 is 5.11 Å². The van der Waals surface area contributed by atoms with Crippen LogP contribution in [-0.2, 0) is 13.2 Å². The lowest BCUT2D eigenvalue weighted by Crippen LogP contribution is -2.19. The van der Waals surface area contributed by atoms with Crippen molar-refractivity contribution in [2.24, 2.45) is 0 Å². The fourth-order valence-corrected chi connectivity index (χ4v) is 1.94. The molecule has 0 aliphatic heterocycles. The minimum absolute atomic E-state index is 0.0153. The van der Waals surface area contributed by atoms with E-state index in [1.54, 1.807) is 6.20 Å². The van der Waals surface area contributed by atoms with Crippen LogP contribution in [0.1, 0.15) is 16.7 Å². The van der Waals surface area contributed by atoms with E-state index in [0.29, 0.717) is 0 Å². The van der Waals surface area contributed by atoms with E-state index in [-0.39, 0.29) is 6.61 Å². The molecule has 2 rings (SSSR count). The smallest absolute Gasteiger partial charge is 0.134 e. The Labute approximate surface area is 108 Å². The van der Waals surface area contributed by atoms with Crippen LogP contribution in [0.2, 0.25) is 0 Å². The maximum atomic E-state index is 9.30. The average Bonchev–Trinajstić information content (AvgIpc) is 2.41. The van der Waals surface area contributed by atoms with Crippen LogP contribution < -0.4 is 4.90 Å². The maximum Gasteiger partial charge on any atom is 0.134 e. The van der Waals surface area contributed by atoms with E-state index in [4.69, 9.17) is 0 Å². The number of aryl methyl sites for hydroxylation is 1. The molecule has 2 aromatic rings. The minimum Gasteiger partial charge on any atom is -0.392 e. The molecule has 1 aromatic carbocycles. The summed E-state index contributed by atoms with van der Waals surface area (Å²) in [6.07, 6.45) is 1.75. The number of pyridine rings is 1. The highest BCUT2D eigenvalue weighted by Crippen LogP contribution is 2.18. The minimum atomic E-state index is 0.0153. The van der Waals surface area contributed by atoms with E-state index in [9.17, 15) is 5.11 Å². The van der Waals surface area contributed by atoms with Gasteiger partial charge in [0.05, 0.1) is 6.61 Å². The van der Waals surface area contributed by atoms with Gasteiger partial charge in [0.1, 0.15) is 5.82 Å². The standard InChI is InChI=1S/C15H18N2O/c1-12-5-7-13(8-6-12)10-17(2)15-14(11-18)4-3-9-16-15/h3-9,18H,10-11H2,1-2H3. The molecule has 94 valence electrons. The van der Waals surface area contributed by atoms with Crippen LogP contribution in [0, 0.1) is 6.92 Å². The molecule has 1 heterocycles. The highest BCUT2D eigenvalue weighted by molar-refractivity contribution is 5.46. The van der Waals surface area contributed by atoms with E-state index in [1.807, 2.05) is 19.2 Å². The molecule has 0 fully saturated rings. The van der Waals surface area contributed by atoms with Crippen LogP contribution in [-0.4, -0.2) is 17.1 Å². The Morgan fingerprint density at radius 3 is 2.56 bits per heavy atom. The van der Waals surface area contributed by atoms with Gasteiger partial charge in [-0.1, -0.05) is 35.9 Å². The molecule has 0 aliphatic carbocycles. The molecule has 0 saturated heterocycles. The highest BCUT2D eigenvalue weighted by atomic mass is 16.3. The Hall–Kier alpha value is -1.87. The second-order valence-electron chi connectivity index (χ2n) is 4.49. The predicted molar refractivity (Wildman–Crippen MR) is 73.4 cm³/mol. The lowest BCUT2D eigenvalue weighted by atomic mass is 10.1. The Morgan fingerprint density at radius 2 is 1.89 bits per heavy atom. The van der Waals surface area contributed by atoms with Gasteiger partial charge in [-0.25, -0.2) is 4.98 Å². The monoisotopic (exact) mass is 242 g/mol. The highest BCUT2D eigenvalue weighted by Gasteiger charge is 2.08. The number of benzene rings is 1. The van der Waals surface area contributed by atoms with E-state index in [1.165, 1.54) is 11.1 Å². The summed E-state index contributed by atoms with van der Waals surface area (Å²) in [6, 6.07) is 12.2. The van der Waals surface area contributed by atoms with Crippen molar-refractivity contribution in [3.05, 3.63) is 59.3 Å². The largest absolute Gasteiger partial charge is 0.392 e. The normalized spacial score (nSPS) is 10.4. The molecule has 0 saturated carbocycles. The van der Waals surface area contributed by atoms with E-state index >= 15 is 0 Å². The third-order valence-electron chi connectivity index (χ3n) is 2.94. The van der Waals surface area contributed by atoms with E-state index in [2.05, 4.69) is 41.1 Å². The Balaban J connectivity index is 2.16. The lowest BCUT2D eigenvalue weighted by Gasteiger charge is -2.20. The SMILES string of the molecule is Cc1ccc(CN(C)c2ncccc2CO)cc1. The van der Waals surface area contributed by atoms with Crippen LogP contribution >= 0.6 is 0 Å². The summed E-state index contributed by atoms with van der Waals surface area (Å²) < 4.78 is 0. The number of nitrogens with zero attached hydrogens (tertiary/aromatic N) is 2. The number of aliphatic hydroxyl groups excluding tert-OH is 1. The Kier molecular flexibility index (Phi) is 3.95. The first kappa shape index (κ1) is 12.6. The second-order valence-corrected chi connectivity index (χ2v) is 4.49. The zero-order valence-electron chi connectivity index (χ0n) is 10.8. The number of rotatable bonds is 4. The number of aliphatic hydroxyl groups is 1. The van der Waals surface area contributed by atoms with Gasteiger partial charge in [-0.05, 0) is 18.6 Å². The van der Waals surface area contributed by atoms with Crippen molar-refractivity contribution in [2.45, 2.75) is 20.1 Å². The summed E-state index contributed by atoms with van der Waals surface area (Å²) in [5, 5.41) is 9.30. The van der Waals surface area contributed by atoms with Crippen molar-refractivity contribution in [2.75, 3.05) is 11.9 Å². The van der Waals surface area contributed by atoms with Gasteiger partial charge in [-0.15, -0.1) is 0 Å². The molecular weight excluding hydrogens is 224 g/mol. The summed E-state index contributed by atoms with van der Waals surface area (Å²) in [5.74, 6) is 0.834. The summed E-state index contributed by atoms with van der Waals surface area (Å²) in [7, 11) is 1.99. The summed E-state index contributed by atoms with van der Waals surface area (Å²) in [6.45, 7) is 2.88. The van der Waals surface area contributed by atoms with Gasteiger partial charge in [-0.2, -0.15) is 0 Å². The van der Waals surface area contributed by atoms with Gasteiger partial charge in [-0.3, -0.25) is 0 Å². The molecule has 0 unspecified atom stereocenters. The molecule has 3 heteroatoms. The average molecular weight is 242 g/mol. The van der Waals surface area contributed by atoms with Gasteiger partial charge < -0.3 is 10.0 Å². The Bertz CT molecular complexity index is 508. The van der Waals surface area contributed by atoms with Crippen molar-refractivity contribution in [1.82, 2.24) is 4.98 Å². The molecule has 0 spiro atoms. The van der Waals surface area contributed by atoms with Crippen LogP contribution in [0.15, 0.2) is 42.6 Å². The van der Waals surface area contributed by atoms with Crippen molar-refractivity contribution in [1.29, 1.82) is 0 Å². The van der Waals surface area contributed by atoms with Gasteiger partial charge >= 0.3 is 0 Å². The van der Waals surface area contributed by atoms with Crippen molar-refractivity contribution >= 4 is 5.82 Å². The van der Waals surface area contributed by atoms with Crippen LogP contribution in [0.4, 0.5) is 5.82 Å². The molecule has 0 bridgehead atoms. The van der Waals surface area contributed by atoms with Gasteiger partial charge in [0, 0.05) is 25.4 Å². The van der Waals surface area contributed by atoms with E-state index < -0.39 is 0 Å². The fraction of sp³-hybridized carbons (Fsp3) is 0.267. The third-order valence-corrected chi connectivity index (χ3v) is 2.94. The number of aromatic nitrogens is 1. The molecule has 0 aliphatic rings. The zero-order chi connectivity index (χ0) is 13.0. The molecule has 0 amide bonds. The molecule has 1 N–H and O–H groups in total. The molecule has 3 nitrogen and oxygen atoms in total. The first-order valence-corrected chi connectivity index (χ1v) is 6.02. The summed E-state index contributed by atoms with van der Waals surface area (Å²) in [5.41, 5.74) is 3.35. The van der Waals surface area contributed by atoms with Crippen LogP contribution in [0.3, 0.4) is 0 Å². The van der Waals surface area contributed by atoms with Gasteiger partial charge in [0.15, 0.2) is 0 Å². The quantitative estimate of drug-likeness (QED) is 0.895. The number of anilines is 1. The van der Waals surface area contributed by atoms with Gasteiger partial charge in [0.25, 0.3) is 0 Å². The van der Waals surface area contributed by atoms with Crippen LogP contribution in [0.5, 0.6) is 0 Å². The first-order chi connectivity index (χ1) is 8.70. The topological polar surface area (TPSA) is 36.4 Å². The number of hydrogen-bond donors (Lipinski definition) is 1. The number of hydrogen-bond acceptors (Lipinski definition) is 3. The van der Waals surface area contributed by atoms with E-state index in [0.717, 1.165) is 17.9 Å². The zero-order valence-corrected chi connectivity index (χ0v) is 10.8.